The molecule has 1 atom stereocenters. The topological polar surface area (TPSA) is 96.4 Å². The second-order valence-corrected chi connectivity index (χ2v) is 7.96. The molecule has 32 heavy (non-hydrogen) atoms. The number of carbonyl (C=O) groups is 2. The van der Waals surface area contributed by atoms with Gasteiger partial charge in [-0.15, -0.1) is 0 Å². The Kier molecular flexibility index (Phi) is 5.18. The number of hydrogen-bond acceptors (Lipinski definition) is 5. The molecule has 2 aliphatic heterocycles. The lowest BCUT2D eigenvalue weighted by molar-refractivity contribution is 0.0933. The largest absolute Gasteiger partial charge is 0.487 e. The maximum absolute atomic E-state index is 12.8. The third kappa shape index (κ3) is 3.75. The lowest BCUT2D eigenvalue weighted by atomic mass is 10.0. The average Bonchev–Trinajstić information content (AvgIpc) is 3.44. The minimum atomic E-state index is -0.193. The Balaban J connectivity index is 1.27. The zero-order valence-corrected chi connectivity index (χ0v) is 17.7. The van der Waals surface area contributed by atoms with Crippen LogP contribution in [0.1, 0.15) is 21.5 Å². The van der Waals surface area contributed by atoms with Gasteiger partial charge in [0.1, 0.15) is 18.2 Å². The summed E-state index contributed by atoms with van der Waals surface area (Å²) in [5, 5.41) is 5.77. The molecule has 0 spiro atoms. The number of aryl methyl sites for hydroxylation is 1. The molecule has 1 aromatic heterocycles. The van der Waals surface area contributed by atoms with Crippen LogP contribution < -0.4 is 20.3 Å². The molecule has 3 heterocycles. The molecule has 3 aromatic rings. The number of benzene rings is 2. The quantitative estimate of drug-likeness (QED) is 0.650. The summed E-state index contributed by atoms with van der Waals surface area (Å²) >= 11 is 0. The van der Waals surface area contributed by atoms with Crippen LogP contribution in [-0.2, 0) is 6.42 Å². The number of fused-ring (bicyclic) bond motifs is 1. The minimum Gasteiger partial charge on any atom is -0.487 e. The van der Waals surface area contributed by atoms with Gasteiger partial charge in [-0.1, -0.05) is 24.3 Å². The Morgan fingerprint density at radius 2 is 2.09 bits per heavy atom. The Labute approximate surface area is 185 Å². The number of carbonyl (C=O) groups excluding carboxylic acids is 2. The van der Waals surface area contributed by atoms with Gasteiger partial charge in [-0.3, -0.25) is 9.69 Å². The first kappa shape index (κ1) is 20.0. The number of anilines is 1. The molecule has 3 amide bonds. The van der Waals surface area contributed by atoms with Crippen LogP contribution in [0.5, 0.6) is 5.75 Å². The predicted molar refractivity (Wildman–Crippen MR) is 120 cm³/mol. The van der Waals surface area contributed by atoms with E-state index >= 15 is 0 Å². The molecule has 0 saturated carbocycles. The van der Waals surface area contributed by atoms with Gasteiger partial charge < -0.3 is 15.4 Å². The van der Waals surface area contributed by atoms with Crippen molar-refractivity contribution in [3.05, 3.63) is 71.8 Å². The molecule has 0 radical (unpaired) electrons. The maximum Gasteiger partial charge on any atom is 0.322 e. The summed E-state index contributed by atoms with van der Waals surface area (Å²) in [5.41, 5.74) is 5.17. The molecule has 0 aliphatic carbocycles. The number of aromatic nitrogens is 2. The van der Waals surface area contributed by atoms with Crippen molar-refractivity contribution in [2.75, 3.05) is 24.5 Å². The molecule has 2 N–H and O–H groups in total. The number of para-hydroxylation sites is 1. The standard InChI is InChI=1S/C24H23N5O3/c1-15-5-6-17(10-21(15)29-8-7-27-24(29)31)23(30)28-13-19-9-16-3-2-4-20(22(16)32-19)18-11-25-14-26-12-18/h2-6,10-12,14,19H,7-9,13H2,1H3,(H,27,31)(H,28,30). The minimum absolute atomic E-state index is 0.137. The molecule has 2 aromatic carbocycles. The highest BCUT2D eigenvalue weighted by molar-refractivity contribution is 5.99. The first-order chi connectivity index (χ1) is 15.6. The zero-order valence-electron chi connectivity index (χ0n) is 17.7. The summed E-state index contributed by atoms with van der Waals surface area (Å²) in [4.78, 5) is 34.7. The van der Waals surface area contributed by atoms with Crippen molar-refractivity contribution in [3.8, 4) is 16.9 Å². The summed E-state index contributed by atoms with van der Waals surface area (Å²) in [5.74, 6) is 0.626. The third-order valence-electron chi connectivity index (χ3n) is 5.81. The molecule has 1 saturated heterocycles. The van der Waals surface area contributed by atoms with Crippen molar-refractivity contribution >= 4 is 17.6 Å². The Hall–Kier alpha value is -3.94. The molecule has 0 bridgehead atoms. The van der Waals surface area contributed by atoms with Crippen molar-refractivity contribution in [3.63, 3.8) is 0 Å². The highest BCUT2D eigenvalue weighted by atomic mass is 16.5. The summed E-state index contributed by atoms with van der Waals surface area (Å²) < 4.78 is 6.19. The molecule has 8 nitrogen and oxygen atoms in total. The van der Waals surface area contributed by atoms with Gasteiger partial charge in [-0.25, -0.2) is 14.8 Å². The van der Waals surface area contributed by atoms with Crippen molar-refractivity contribution in [2.45, 2.75) is 19.4 Å². The fraction of sp³-hybridized carbons (Fsp3) is 0.250. The number of ether oxygens (including phenoxy) is 1. The lowest BCUT2D eigenvalue weighted by Gasteiger charge is -2.18. The second kappa shape index (κ2) is 8.30. The van der Waals surface area contributed by atoms with Gasteiger partial charge >= 0.3 is 6.03 Å². The molecule has 1 fully saturated rings. The van der Waals surface area contributed by atoms with E-state index in [2.05, 4.69) is 20.6 Å². The van der Waals surface area contributed by atoms with Crippen molar-refractivity contribution in [2.24, 2.45) is 0 Å². The van der Waals surface area contributed by atoms with Gasteiger partial charge in [-0.2, -0.15) is 0 Å². The van der Waals surface area contributed by atoms with Crippen LogP contribution in [-0.4, -0.2) is 47.6 Å². The first-order valence-corrected chi connectivity index (χ1v) is 10.6. The van der Waals surface area contributed by atoms with E-state index in [-0.39, 0.29) is 18.0 Å². The van der Waals surface area contributed by atoms with Crippen molar-refractivity contribution in [1.82, 2.24) is 20.6 Å². The number of hydrogen-bond donors (Lipinski definition) is 2. The molecular formula is C24H23N5O3. The second-order valence-electron chi connectivity index (χ2n) is 7.96. The molecular weight excluding hydrogens is 406 g/mol. The van der Waals surface area contributed by atoms with E-state index in [1.807, 2.05) is 31.2 Å². The van der Waals surface area contributed by atoms with Gasteiger partial charge in [-0.05, 0) is 30.2 Å². The monoisotopic (exact) mass is 429 g/mol. The Bertz CT molecular complexity index is 1180. The number of amides is 3. The predicted octanol–water partition coefficient (Wildman–Crippen LogP) is 2.72. The third-order valence-corrected chi connectivity index (χ3v) is 5.81. The number of urea groups is 1. The van der Waals surface area contributed by atoms with Crippen LogP contribution in [0.2, 0.25) is 0 Å². The molecule has 2 aliphatic rings. The fourth-order valence-electron chi connectivity index (χ4n) is 4.17. The normalized spacial score (nSPS) is 17.0. The fourth-order valence-corrected chi connectivity index (χ4v) is 4.17. The van der Waals surface area contributed by atoms with E-state index in [0.29, 0.717) is 31.6 Å². The van der Waals surface area contributed by atoms with E-state index in [1.165, 1.54) is 6.33 Å². The summed E-state index contributed by atoms with van der Waals surface area (Å²) in [6.45, 7) is 3.51. The Morgan fingerprint density at radius 1 is 1.25 bits per heavy atom. The molecule has 5 rings (SSSR count). The van der Waals surface area contributed by atoms with Gasteiger partial charge in [0.2, 0.25) is 0 Å². The van der Waals surface area contributed by atoms with E-state index in [1.54, 1.807) is 29.4 Å². The van der Waals surface area contributed by atoms with E-state index < -0.39 is 0 Å². The van der Waals surface area contributed by atoms with Crippen LogP contribution in [0.3, 0.4) is 0 Å². The SMILES string of the molecule is Cc1ccc(C(=O)NCC2Cc3cccc(-c4cncnc4)c3O2)cc1N1CCNC1=O. The molecule has 1 unspecified atom stereocenters. The lowest BCUT2D eigenvalue weighted by Crippen LogP contribution is -2.34. The van der Waals surface area contributed by atoms with Gasteiger partial charge in [0.15, 0.2) is 0 Å². The Morgan fingerprint density at radius 3 is 2.88 bits per heavy atom. The summed E-state index contributed by atoms with van der Waals surface area (Å²) in [7, 11) is 0. The summed E-state index contributed by atoms with van der Waals surface area (Å²) in [6, 6.07) is 11.3. The molecule has 162 valence electrons. The number of nitrogens with one attached hydrogen (secondary N) is 2. The molecule has 8 heteroatoms. The zero-order chi connectivity index (χ0) is 22.1. The van der Waals surface area contributed by atoms with Crippen LogP contribution in [0.25, 0.3) is 11.1 Å². The van der Waals surface area contributed by atoms with Crippen LogP contribution in [0, 0.1) is 6.92 Å². The van der Waals surface area contributed by atoms with Crippen molar-refractivity contribution in [1.29, 1.82) is 0 Å². The summed E-state index contributed by atoms with van der Waals surface area (Å²) in [6.07, 6.45) is 5.57. The van der Waals surface area contributed by atoms with Gasteiger partial charge in [0.05, 0.1) is 6.54 Å². The van der Waals surface area contributed by atoms with Crippen LogP contribution >= 0.6 is 0 Å². The van der Waals surface area contributed by atoms with Crippen molar-refractivity contribution < 1.29 is 14.3 Å². The van der Waals surface area contributed by atoms with Gasteiger partial charge in [0.25, 0.3) is 5.91 Å². The number of nitrogens with zero attached hydrogens (tertiary/aromatic N) is 3. The average molecular weight is 429 g/mol. The van der Waals surface area contributed by atoms with E-state index in [9.17, 15) is 9.59 Å². The highest BCUT2D eigenvalue weighted by Crippen LogP contribution is 2.38. The van der Waals surface area contributed by atoms with Crippen LogP contribution in [0.15, 0.2) is 55.1 Å². The smallest absolute Gasteiger partial charge is 0.322 e. The van der Waals surface area contributed by atoms with Crippen LogP contribution in [0.4, 0.5) is 10.5 Å². The maximum atomic E-state index is 12.8. The highest BCUT2D eigenvalue weighted by Gasteiger charge is 2.27. The van der Waals surface area contributed by atoms with E-state index in [4.69, 9.17) is 4.74 Å². The van der Waals surface area contributed by atoms with Gasteiger partial charge in [0, 0.05) is 54.3 Å². The first-order valence-electron chi connectivity index (χ1n) is 10.6. The number of rotatable bonds is 5. The van der Waals surface area contributed by atoms with E-state index in [0.717, 1.165) is 33.7 Å².